The minimum absolute atomic E-state index is 1.26. The lowest BCUT2D eigenvalue weighted by atomic mass is 10.1. The standard InChI is InChI=1S/C14H26/c1-3-5-7-9-11-13-14-12-10-8-6-4-2/h3,5,10,12H,4,6-9,11,13-14H2,1-2H3/b5-3+,12-10+. The largest absolute Gasteiger partial charge is 0.0917 e. The molecule has 0 atom stereocenters. The number of hydrogen-bond acceptors (Lipinski definition) is 0. The molecule has 82 valence electrons. The molecule has 0 spiro atoms. The number of unbranched alkanes of at least 4 members (excludes halogenated alkanes) is 6. The molecule has 0 amide bonds. The molecule has 14 heavy (non-hydrogen) atoms. The molecule has 0 nitrogen and oxygen atoms in total. The van der Waals surface area contributed by atoms with E-state index in [1.54, 1.807) is 0 Å². The predicted molar refractivity (Wildman–Crippen MR) is 66.6 cm³/mol. The van der Waals surface area contributed by atoms with Crippen LogP contribution in [-0.2, 0) is 0 Å². The van der Waals surface area contributed by atoms with Crippen LogP contribution in [0.25, 0.3) is 0 Å². The van der Waals surface area contributed by atoms with Crippen LogP contribution in [0.15, 0.2) is 24.3 Å². The van der Waals surface area contributed by atoms with Gasteiger partial charge >= 0.3 is 0 Å². The highest BCUT2D eigenvalue weighted by Crippen LogP contribution is 2.05. The van der Waals surface area contributed by atoms with Gasteiger partial charge in [0, 0.05) is 0 Å². The summed E-state index contributed by atoms with van der Waals surface area (Å²) >= 11 is 0. The topological polar surface area (TPSA) is 0 Å². The minimum Gasteiger partial charge on any atom is -0.0917 e. The summed E-state index contributed by atoms with van der Waals surface area (Å²) in [5.41, 5.74) is 0. The summed E-state index contributed by atoms with van der Waals surface area (Å²) in [5, 5.41) is 0. The second-order valence-corrected chi connectivity index (χ2v) is 3.82. The molecule has 0 bridgehead atoms. The molecule has 0 aromatic heterocycles. The first-order chi connectivity index (χ1) is 6.91. The molecule has 0 aliphatic carbocycles. The third-order valence-corrected chi connectivity index (χ3v) is 2.37. The van der Waals surface area contributed by atoms with Crippen molar-refractivity contribution in [2.24, 2.45) is 0 Å². The van der Waals surface area contributed by atoms with Gasteiger partial charge in [-0.05, 0) is 39.0 Å². The third-order valence-electron chi connectivity index (χ3n) is 2.37. The molecule has 0 fully saturated rings. The molecule has 0 saturated heterocycles. The number of hydrogen-bond donors (Lipinski definition) is 0. The van der Waals surface area contributed by atoms with Gasteiger partial charge in [0.1, 0.15) is 0 Å². The Labute approximate surface area is 90.1 Å². The normalized spacial score (nSPS) is 11.9. The molecular weight excluding hydrogens is 168 g/mol. The second kappa shape index (κ2) is 12.5. The van der Waals surface area contributed by atoms with Crippen LogP contribution in [0.3, 0.4) is 0 Å². The maximum atomic E-state index is 2.35. The van der Waals surface area contributed by atoms with Gasteiger partial charge in [-0.3, -0.25) is 0 Å². The Morgan fingerprint density at radius 1 is 0.714 bits per heavy atom. The van der Waals surface area contributed by atoms with Crippen molar-refractivity contribution in [3.63, 3.8) is 0 Å². The third kappa shape index (κ3) is 11.5. The average molecular weight is 194 g/mol. The fraction of sp³-hybridized carbons (Fsp3) is 0.714. The molecule has 0 aromatic rings. The second-order valence-electron chi connectivity index (χ2n) is 3.82. The van der Waals surface area contributed by atoms with Crippen LogP contribution in [0.1, 0.15) is 65.2 Å². The molecule has 0 heteroatoms. The SMILES string of the molecule is C/C=C/CCCCC/C=C/CCCC. The van der Waals surface area contributed by atoms with Gasteiger partial charge in [0.05, 0.1) is 0 Å². The van der Waals surface area contributed by atoms with Crippen LogP contribution in [0.2, 0.25) is 0 Å². The smallest absolute Gasteiger partial charge is 0.0351 e. The molecule has 0 aliphatic rings. The highest BCUT2D eigenvalue weighted by Gasteiger charge is 1.85. The van der Waals surface area contributed by atoms with Crippen molar-refractivity contribution in [1.82, 2.24) is 0 Å². The molecule has 0 rings (SSSR count). The van der Waals surface area contributed by atoms with Crippen molar-refractivity contribution >= 4 is 0 Å². The van der Waals surface area contributed by atoms with Crippen LogP contribution >= 0.6 is 0 Å². The van der Waals surface area contributed by atoms with Crippen LogP contribution in [0.4, 0.5) is 0 Å². The van der Waals surface area contributed by atoms with Crippen molar-refractivity contribution in [3.8, 4) is 0 Å². The van der Waals surface area contributed by atoms with Crippen molar-refractivity contribution in [3.05, 3.63) is 24.3 Å². The average Bonchev–Trinajstić information content (AvgIpc) is 2.21. The summed E-state index contributed by atoms with van der Waals surface area (Å²) < 4.78 is 0. The molecule has 0 radical (unpaired) electrons. The first kappa shape index (κ1) is 13.5. The zero-order valence-corrected chi connectivity index (χ0v) is 9.97. The Morgan fingerprint density at radius 2 is 1.29 bits per heavy atom. The van der Waals surface area contributed by atoms with Crippen molar-refractivity contribution in [2.75, 3.05) is 0 Å². The van der Waals surface area contributed by atoms with Gasteiger partial charge in [0.2, 0.25) is 0 Å². The predicted octanol–water partition coefficient (Wildman–Crippen LogP) is 5.26. The highest BCUT2D eigenvalue weighted by molar-refractivity contribution is 4.81. The van der Waals surface area contributed by atoms with Gasteiger partial charge in [-0.1, -0.05) is 50.5 Å². The van der Waals surface area contributed by atoms with Crippen LogP contribution < -0.4 is 0 Å². The highest BCUT2D eigenvalue weighted by atomic mass is 13.9. The van der Waals surface area contributed by atoms with E-state index in [2.05, 4.69) is 38.2 Å². The summed E-state index contributed by atoms with van der Waals surface area (Å²) in [6.07, 6.45) is 19.7. The summed E-state index contributed by atoms with van der Waals surface area (Å²) in [6, 6.07) is 0. The number of allylic oxidation sites excluding steroid dienone is 4. The zero-order chi connectivity index (χ0) is 10.5. The summed E-state index contributed by atoms with van der Waals surface area (Å²) in [7, 11) is 0. The van der Waals surface area contributed by atoms with E-state index in [1.807, 2.05) is 0 Å². The van der Waals surface area contributed by atoms with Crippen molar-refractivity contribution in [1.29, 1.82) is 0 Å². The van der Waals surface area contributed by atoms with Crippen LogP contribution in [0, 0.1) is 0 Å². The monoisotopic (exact) mass is 194 g/mol. The lowest BCUT2D eigenvalue weighted by Gasteiger charge is -1.95. The molecule has 0 saturated carbocycles. The van der Waals surface area contributed by atoms with E-state index in [-0.39, 0.29) is 0 Å². The van der Waals surface area contributed by atoms with Gasteiger partial charge < -0.3 is 0 Å². The molecular formula is C14H26. The van der Waals surface area contributed by atoms with Gasteiger partial charge in [-0.2, -0.15) is 0 Å². The maximum Gasteiger partial charge on any atom is -0.0351 e. The van der Waals surface area contributed by atoms with E-state index in [0.717, 1.165) is 0 Å². The van der Waals surface area contributed by atoms with Crippen LogP contribution in [0.5, 0.6) is 0 Å². The van der Waals surface area contributed by atoms with Crippen molar-refractivity contribution in [2.45, 2.75) is 65.2 Å². The van der Waals surface area contributed by atoms with E-state index in [1.165, 1.54) is 51.4 Å². The quantitative estimate of drug-likeness (QED) is 0.347. The maximum absolute atomic E-state index is 2.35. The Bertz CT molecular complexity index is 142. The summed E-state index contributed by atoms with van der Waals surface area (Å²) in [6.45, 7) is 4.34. The fourth-order valence-corrected chi connectivity index (χ4v) is 1.43. The Balaban J connectivity index is 3.01. The van der Waals surface area contributed by atoms with Crippen molar-refractivity contribution < 1.29 is 0 Å². The van der Waals surface area contributed by atoms with Gasteiger partial charge in [-0.15, -0.1) is 0 Å². The summed E-state index contributed by atoms with van der Waals surface area (Å²) in [4.78, 5) is 0. The lowest BCUT2D eigenvalue weighted by molar-refractivity contribution is 0.694. The zero-order valence-electron chi connectivity index (χ0n) is 9.97. The Hall–Kier alpha value is -0.520. The molecule has 0 heterocycles. The van der Waals surface area contributed by atoms with Gasteiger partial charge in [-0.25, -0.2) is 0 Å². The first-order valence-corrected chi connectivity index (χ1v) is 6.18. The Morgan fingerprint density at radius 3 is 1.86 bits per heavy atom. The Kier molecular flexibility index (Phi) is 12.0. The molecule has 0 N–H and O–H groups in total. The van der Waals surface area contributed by atoms with E-state index in [0.29, 0.717) is 0 Å². The van der Waals surface area contributed by atoms with Gasteiger partial charge in [0.25, 0.3) is 0 Å². The number of rotatable bonds is 9. The lowest BCUT2D eigenvalue weighted by Crippen LogP contribution is -1.75. The van der Waals surface area contributed by atoms with E-state index in [4.69, 9.17) is 0 Å². The van der Waals surface area contributed by atoms with E-state index in [9.17, 15) is 0 Å². The molecule has 0 unspecified atom stereocenters. The first-order valence-electron chi connectivity index (χ1n) is 6.18. The van der Waals surface area contributed by atoms with E-state index < -0.39 is 0 Å². The summed E-state index contributed by atoms with van der Waals surface area (Å²) in [5.74, 6) is 0. The molecule has 0 aromatic carbocycles. The minimum atomic E-state index is 1.26. The molecule has 0 aliphatic heterocycles. The van der Waals surface area contributed by atoms with Crippen LogP contribution in [-0.4, -0.2) is 0 Å². The fourth-order valence-electron chi connectivity index (χ4n) is 1.43. The van der Waals surface area contributed by atoms with E-state index >= 15 is 0 Å². The van der Waals surface area contributed by atoms with Gasteiger partial charge in [0.15, 0.2) is 0 Å².